The molecule has 0 spiro atoms. The topological polar surface area (TPSA) is 66.4 Å². The maximum absolute atomic E-state index is 13.6. The Morgan fingerprint density at radius 2 is 2.05 bits per heavy atom. The molecule has 0 radical (unpaired) electrons. The van der Waals surface area contributed by atoms with Gasteiger partial charge in [0.1, 0.15) is 4.90 Å². The van der Waals surface area contributed by atoms with Crippen molar-refractivity contribution in [2.75, 3.05) is 12.8 Å². The highest BCUT2D eigenvalue weighted by molar-refractivity contribution is 7.99. The maximum Gasteiger partial charge on any atom is 0.243 e. The lowest BCUT2D eigenvalue weighted by molar-refractivity contribution is 0.280. The van der Waals surface area contributed by atoms with Gasteiger partial charge in [0.2, 0.25) is 10.0 Å². The normalized spacial score (nSPS) is 13.4. The summed E-state index contributed by atoms with van der Waals surface area (Å²) in [5, 5.41) is 9.17. The highest BCUT2D eigenvalue weighted by Gasteiger charge is 2.22. The van der Waals surface area contributed by atoms with Crippen molar-refractivity contribution < 1.29 is 22.3 Å². The minimum atomic E-state index is -4.14. The van der Waals surface area contributed by atoms with Gasteiger partial charge in [-0.15, -0.1) is 0 Å². The Kier molecular flexibility index (Phi) is 6.38. The van der Waals surface area contributed by atoms with E-state index in [-0.39, 0.29) is 17.4 Å². The summed E-state index contributed by atoms with van der Waals surface area (Å²) in [4.78, 5) is -0.779. The average Bonchev–Trinajstić information content (AvgIpc) is 2.40. The van der Waals surface area contributed by atoms with Gasteiger partial charge in [0.25, 0.3) is 0 Å². The zero-order valence-corrected chi connectivity index (χ0v) is 12.8. The first-order valence-corrected chi connectivity index (χ1v) is 8.70. The number of thioether (sulfide) groups is 1. The van der Waals surface area contributed by atoms with Crippen LogP contribution in [0.1, 0.15) is 18.9 Å². The summed E-state index contributed by atoms with van der Waals surface area (Å²) < 4.78 is 53.0. The van der Waals surface area contributed by atoms with Crippen LogP contribution in [0.15, 0.2) is 17.0 Å². The van der Waals surface area contributed by atoms with Gasteiger partial charge in [0.05, 0.1) is 6.61 Å². The van der Waals surface area contributed by atoms with Crippen LogP contribution in [-0.2, 0) is 16.6 Å². The number of sulfonamides is 1. The highest BCUT2D eigenvalue weighted by atomic mass is 32.2. The molecule has 114 valence electrons. The molecule has 0 aliphatic heterocycles. The van der Waals surface area contributed by atoms with Crippen molar-refractivity contribution in [2.45, 2.75) is 30.1 Å². The van der Waals surface area contributed by atoms with E-state index in [2.05, 4.69) is 4.72 Å². The molecule has 0 heterocycles. The molecule has 0 fully saturated rings. The summed E-state index contributed by atoms with van der Waals surface area (Å²) in [6.07, 6.45) is 2.48. The Balaban J connectivity index is 2.95. The number of halogens is 2. The minimum Gasteiger partial charge on any atom is -0.392 e. The molecule has 0 amide bonds. The molecule has 20 heavy (non-hydrogen) atoms. The van der Waals surface area contributed by atoms with Gasteiger partial charge in [0, 0.05) is 11.8 Å². The second-order valence-electron chi connectivity index (χ2n) is 4.28. The van der Waals surface area contributed by atoms with Crippen LogP contribution in [0.3, 0.4) is 0 Å². The van der Waals surface area contributed by atoms with E-state index in [4.69, 9.17) is 5.11 Å². The van der Waals surface area contributed by atoms with Crippen LogP contribution >= 0.6 is 11.8 Å². The van der Waals surface area contributed by atoms with Crippen molar-refractivity contribution in [2.24, 2.45) is 0 Å². The lowest BCUT2D eigenvalue weighted by atomic mass is 10.2. The van der Waals surface area contributed by atoms with Crippen molar-refractivity contribution in [3.05, 3.63) is 29.3 Å². The summed E-state index contributed by atoms with van der Waals surface area (Å²) in [7, 11) is -4.14. The fourth-order valence-electron chi connectivity index (χ4n) is 1.50. The lowest BCUT2D eigenvalue weighted by Crippen LogP contribution is -2.27. The Morgan fingerprint density at radius 1 is 1.40 bits per heavy atom. The largest absolute Gasteiger partial charge is 0.392 e. The molecule has 4 nitrogen and oxygen atoms in total. The molecule has 1 rings (SSSR count). The molecule has 1 aromatic rings. The quantitative estimate of drug-likeness (QED) is 0.803. The third-order valence-electron chi connectivity index (χ3n) is 2.77. The first kappa shape index (κ1) is 17.4. The van der Waals surface area contributed by atoms with E-state index in [1.54, 1.807) is 11.8 Å². The van der Waals surface area contributed by atoms with Gasteiger partial charge in [-0.25, -0.2) is 21.9 Å². The summed E-state index contributed by atoms with van der Waals surface area (Å²) in [5.74, 6) is -2.73. The summed E-state index contributed by atoms with van der Waals surface area (Å²) in [6.45, 7) is 1.50. The van der Waals surface area contributed by atoms with Gasteiger partial charge < -0.3 is 5.11 Å². The van der Waals surface area contributed by atoms with Crippen molar-refractivity contribution in [3.63, 3.8) is 0 Å². The lowest BCUT2D eigenvalue weighted by Gasteiger charge is -2.11. The van der Waals surface area contributed by atoms with Crippen LogP contribution in [0.4, 0.5) is 8.78 Å². The van der Waals surface area contributed by atoms with Gasteiger partial charge >= 0.3 is 0 Å². The number of benzene rings is 1. The summed E-state index contributed by atoms with van der Waals surface area (Å²) >= 11 is 1.58. The minimum absolute atomic E-state index is 0.00163. The van der Waals surface area contributed by atoms with Gasteiger partial charge in [-0.3, -0.25) is 0 Å². The molecule has 2 N–H and O–H groups in total. The predicted octanol–water partition coefficient (Wildman–Crippen LogP) is 1.88. The zero-order valence-electron chi connectivity index (χ0n) is 11.2. The Bertz CT molecular complexity index is 564. The highest BCUT2D eigenvalue weighted by Crippen LogP contribution is 2.20. The first-order chi connectivity index (χ1) is 9.31. The van der Waals surface area contributed by atoms with Crippen LogP contribution in [0, 0.1) is 11.6 Å². The molecule has 1 unspecified atom stereocenters. The van der Waals surface area contributed by atoms with E-state index in [9.17, 15) is 17.2 Å². The second kappa shape index (κ2) is 7.35. The fraction of sp³-hybridized carbons (Fsp3) is 0.500. The fourth-order valence-corrected chi connectivity index (χ4v) is 3.03. The van der Waals surface area contributed by atoms with Crippen molar-refractivity contribution in [3.8, 4) is 0 Å². The Morgan fingerprint density at radius 3 is 2.60 bits per heavy atom. The number of rotatable bonds is 7. The standard InChI is InChI=1S/C12H17F2NO3S2/c1-8(19-2)3-4-15-20(17,18)11-6-9(7-16)5-10(13)12(11)14/h5-6,8,15-16H,3-4,7H2,1-2H3. The van der Waals surface area contributed by atoms with Crippen LogP contribution in [0.2, 0.25) is 0 Å². The molecule has 0 aromatic heterocycles. The van der Waals surface area contributed by atoms with Gasteiger partial charge in [-0.2, -0.15) is 11.8 Å². The number of hydrogen-bond donors (Lipinski definition) is 2. The molecule has 1 atom stereocenters. The third kappa shape index (κ3) is 4.41. The molecular weight excluding hydrogens is 308 g/mol. The van der Waals surface area contributed by atoms with Gasteiger partial charge in [-0.05, 0) is 30.4 Å². The van der Waals surface area contributed by atoms with Gasteiger partial charge in [0.15, 0.2) is 11.6 Å². The summed E-state index contributed by atoms with van der Waals surface area (Å²) in [5.41, 5.74) is 0.00163. The summed E-state index contributed by atoms with van der Waals surface area (Å²) in [6, 6.07) is 1.70. The van der Waals surface area contributed by atoms with E-state index in [1.807, 2.05) is 13.2 Å². The van der Waals surface area contributed by atoms with E-state index < -0.39 is 33.2 Å². The molecule has 0 aliphatic carbocycles. The number of aliphatic hydroxyl groups excluding tert-OH is 1. The van der Waals surface area contributed by atoms with E-state index >= 15 is 0 Å². The van der Waals surface area contributed by atoms with Gasteiger partial charge in [-0.1, -0.05) is 6.92 Å². The van der Waals surface area contributed by atoms with Crippen LogP contribution in [0.25, 0.3) is 0 Å². The number of aliphatic hydroxyl groups is 1. The van der Waals surface area contributed by atoms with Crippen LogP contribution < -0.4 is 4.72 Å². The van der Waals surface area contributed by atoms with Crippen molar-refractivity contribution in [1.82, 2.24) is 4.72 Å². The second-order valence-corrected chi connectivity index (χ2v) is 7.29. The molecule has 0 aliphatic rings. The van der Waals surface area contributed by atoms with E-state index in [1.165, 1.54) is 0 Å². The molecule has 0 bridgehead atoms. The SMILES string of the molecule is CSC(C)CCNS(=O)(=O)c1cc(CO)cc(F)c1F. The average molecular weight is 325 g/mol. The van der Waals surface area contributed by atoms with E-state index in [0.29, 0.717) is 6.42 Å². The molecular formula is C12H17F2NO3S2. The molecule has 8 heteroatoms. The number of nitrogens with one attached hydrogen (secondary N) is 1. The predicted molar refractivity (Wildman–Crippen MR) is 75.1 cm³/mol. The maximum atomic E-state index is 13.6. The Hall–Kier alpha value is -0.700. The zero-order chi connectivity index (χ0) is 15.3. The molecule has 0 saturated carbocycles. The van der Waals surface area contributed by atoms with Crippen LogP contribution in [0.5, 0.6) is 0 Å². The monoisotopic (exact) mass is 325 g/mol. The molecule has 0 saturated heterocycles. The van der Waals surface area contributed by atoms with Crippen molar-refractivity contribution >= 4 is 21.8 Å². The molecule has 1 aromatic carbocycles. The number of hydrogen-bond acceptors (Lipinski definition) is 4. The van der Waals surface area contributed by atoms with Crippen molar-refractivity contribution in [1.29, 1.82) is 0 Å². The third-order valence-corrected chi connectivity index (χ3v) is 5.27. The first-order valence-electron chi connectivity index (χ1n) is 5.93. The Labute approximate surface area is 121 Å². The smallest absolute Gasteiger partial charge is 0.243 e. The van der Waals surface area contributed by atoms with Crippen LogP contribution in [-0.4, -0.2) is 31.6 Å². The van der Waals surface area contributed by atoms with E-state index in [0.717, 1.165) is 12.1 Å².